The highest BCUT2D eigenvalue weighted by Crippen LogP contribution is 2.26. The molecule has 2 rings (SSSR count). The predicted octanol–water partition coefficient (Wildman–Crippen LogP) is 2.58. The van der Waals surface area contributed by atoms with Crippen LogP contribution in [0, 0.1) is 16.0 Å². The van der Waals surface area contributed by atoms with Gasteiger partial charge in [-0.15, -0.1) is 0 Å². The lowest BCUT2D eigenvalue weighted by molar-refractivity contribution is -0.384. The first-order valence-electron chi connectivity index (χ1n) is 5.76. The average Bonchev–Trinajstić information content (AvgIpc) is 2.39. The van der Waals surface area contributed by atoms with Gasteiger partial charge >= 0.3 is 0 Å². The number of anilines is 1. The smallest absolute Gasteiger partial charge is 0.269 e. The number of piperidine rings is 1. The van der Waals surface area contributed by atoms with Crippen molar-refractivity contribution in [1.29, 1.82) is 0 Å². The van der Waals surface area contributed by atoms with E-state index in [2.05, 4.69) is 4.90 Å². The molecule has 0 radical (unpaired) electrons. The second kappa shape index (κ2) is 5.35. The molecule has 1 aliphatic rings. The molecule has 1 aromatic carbocycles. The molecule has 0 aliphatic carbocycles. The third kappa shape index (κ3) is 2.79. The summed E-state index contributed by atoms with van der Waals surface area (Å²) in [6.07, 6.45) is 1.47. The number of hydrogen-bond donors (Lipinski definition) is 0. The van der Waals surface area contributed by atoms with Crippen LogP contribution in [0.4, 0.5) is 11.4 Å². The molecular weight excluding hydrogens is 256 g/mol. The first-order valence-corrected chi connectivity index (χ1v) is 6.14. The second-order valence-corrected chi connectivity index (χ2v) is 4.71. The van der Waals surface area contributed by atoms with E-state index in [-0.39, 0.29) is 16.8 Å². The van der Waals surface area contributed by atoms with Crippen molar-refractivity contribution >= 4 is 28.2 Å². The van der Waals surface area contributed by atoms with Crippen molar-refractivity contribution in [3.8, 4) is 0 Å². The Kier molecular flexibility index (Phi) is 3.81. The Bertz CT molecular complexity index is 453. The van der Waals surface area contributed by atoms with Crippen LogP contribution in [0.2, 0.25) is 0 Å². The van der Waals surface area contributed by atoms with Crippen LogP contribution in [-0.2, 0) is 4.79 Å². The summed E-state index contributed by atoms with van der Waals surface area (Å²) in [5.41, 5.74) is 1.03. The van der Waals surface area contributed by atoms with Crippen LogP contribution in [0.1, 0.15) is 12.8 Å². The zero-order valence-corrected chi connectivity index (χ0v) is 10.5. The first-order chi connectivity index (χ1) is 8.58. The Morgan fingerprint density at radius 1 is 1.28 bits per heavy atom. The van der Waals surface area contributed by atoms with Crippen molar-refractivity contribution < 1.29 is 9.72 Å². The fraction of sp³-hybridized carbons (Fsp3) is 0.417. The van der Waals surface area contributed by atoms with Gasteiger partial charge in [0.1, 0.15) is 0 Å². The molecule has 0 atom stereocenters. The first kappa shape index (κ1) is 12.8. The number of non-ortho nitro benzene ring substituents is 1. The van der Waals surface area contributed by atoms with Gasteiger partial charge in [0.05, 0.1) is 4.92 Å². The van der Waals surface area contributed by atoms with Gasteiger partial charge in [0, 0.05) is 36.8 Å². The standard InChI is InChI=1S/C12H13ClN2O3/c13-12(16)9-5-7-14(8-6-9)10-1-3-11(4-2-10)15(17)18/h1-4,9H,5-8H2. The SMILES string of the molecule is O=C(Cl)C1CCN(c2ccc([N+](=O)[O-])cc2)CC1. The summed E-state index contributed by atoms with van der Waals surface area (Å²) in [4.78, 5) is 23.3. The molecule has 0 unspecified atom stereocenters. The number of nitro benzene ring substituents is 1. The van der Waals surface area contributed by atoms with Gasteiger partial charge in [-0.1, -0.05) is 0 Å². The van der Waals surface area contributed by atoms with Gasteiger partial charge in [-0.3, -0.25) is 14.9 Å². The average molecular weight is 269 g/mol. The van der Waals surface area contributed by atoms with Crippen molar-refractivity contribution in [3.63, 3.8) is 0 Å². The quantitative estimate of drug-likeness (QED) is 0.480. The Balaban J connectivity index is 2.01. The van der Waals surface area contributed by atoms with Crippen molar-refractivity contribution in [2.24, 2.45) is 5.92 Å². The maximum atomic E-state index is 11.0. The number of hydrogen-bond acceptors (Lipinski definition) is 4. The second-order valence-electron chi connectivity index (χ2n) is 4.34. The molecular formula is C12H13ClN2O3. The van der Waals surface area contributed by atoms with Crippen LogP contribution in [0.15, 0.2) is 24.3 Å². The molecule has 1 saturated heterocycles. The highest BCUT2D eigenvalue weighted by Gasteiger charge is 2.23. The number of benzene rings is 1. The summed E-state index contributed by atoms with van der Waals surface area (Å²) in [5.74, 6) is -0.0547. The predicted molar refractivity (Wildman–Crippen MR) is 68.9 cm³/mol. The lowest BCUT2D eigenvalue weighted by Crippen LogP contribution is -2.35. The van der Waals surface area contributed by atoms with Crippen LogP contribution >= 0.6 is 11.6 Å². The lowest BCUT2D eigenvalue weighted by Gasteiger charge is -2.32. The summed E-state index contributed by atoms with van der Waals surface area (Å²) in [5, 5.41) is 10.3. The maximum absolute atomic E-state index is 11.0. The third-order valence-corrected chi connectivity index (χ3v) is 3.55. The summed E-state index contributed by atoms with van der Waals surface area (Å²) >= 11 is 5.47. The molecule has 1 heterocycles. The normalized spacial score (nSPS) is 16.6. The molecule has 0 bridgehead atoms. The van der Waals surface area contributed by atoms with Gasteiger partial charge < -0.3 is 4.90 Å². The number of nitro groups is 1. The van der Waals surface area contributed by atoms with E-state index in [1.807, 2.05) is 0 Å². The minimum atomic E-state index is -0.415. The van der Waals surface area contributed by atoms with E-state index in [1.165, 1.54) is 12.1 Å². The van der Waals surface area contributed by atoms with Gasteiger partial charge in [-0.05, 0) is 36.6 Å². The zero-order valence-electron chi connectivity index (χ0n) is 9.71. The van der Waals surface area contributed by atoms with E-state index in [9.17, 15) is 14.9 Å². The fourth-order valence-electron chi connectivity index (χ4n) is 2.15. The molecule has 6 heteroatoms. The molecule has 0 aromatic heterocycles. The van der Waals surface area contributed by atoms with E-state index < -0.39 is 4.92 Å². The Labute approximate surface area is 109 Å². The van der Waals surface area contributed by atoms with Gasteiger partial charge in [-0.25, -0.2) is 0 Å². The molecule has 0 spiro atoms. The van der Waals surface area contributed by atoms with E-state index in [0.29, 0.717) is 0 Å². The monoisotopic (exact) mass is 268 g/mol. The number of rotatable bonds is 3. The van der Waals surface area contributed by atoms with Crippen molar-refractivity contribution in [1.82, 2.24) is 0 Å². The van der Waals surface area contributed by atoms with Crippen LogP contribution in [0.3, 0.4) is 0 Å². The van der Waals surface area contributed by atoms with Gasteiger partial charge in [0.15, 0.2) is 0 Å². The number of carbonyl (C=O) groups excluding carboxylic acids is 1. The van der Waals surface area contributed by atoms with Crippen LogP contribution in [0.5, 0.6) is 0 Å². The van der Waals surface area contributed by atoms with E-state index in [0.717, 1.165) is 31.6 Å². The summed E-state index contributed by atoms with van der Waals surface area (Å²) in [6.45, 7) is 1.50. The summed E-state index contributed by atoms with van der Waals surface area (Å²) in [6, 6.07) is 6.46. The van der Waals surface area contributed by atoms with Gasteiger partial charge in [0.2, 0.25) is 5.24 Å². The largest absolute Gasteiger partial charge is 0.371 e. The van der Waals surface area contributed by atoms with E-state index in [1.54, 1.807) is 12.1 Å². The molecule has 5 nitrogen and oxygen atoms in total. The molecule has 0 N–H and O–H groups in total. The molecule has 1 aromatic rings. The highest BCUT2D eigenvalue weighted by atomic mass is 35.5. The van der Waals surface area contributed by atoms with Crippen LogP contribution < -0.4 is 4.90 Å². The van der Waals surface area contributed by atoms with Crippen LogP contribution in [-0.4, -0.2) is 23.3 Å². The summed E-state index contributed by atoms with van der Waals surface area (Å²) in [7, 11) is 0. The zero-order chi connectivity index (χ0) is 13.1. The minimum absolute atomic E-state index is 0.0547. The van der Waals surface area contributed by atoms with Crippen molar-refractivity contribution in [3.05, 3.63) is 34.4 Å². The molecule has 1 aliphatic heterocycles. The highest BCUT2D eigenvalue weighted by molar-refractivity contribution is 6.64. The van der Waals surface area contributed by atoms with E-state index in [4.69, 9.17) is 11.6 Å². The Morgan fingerprint density at radius 2 is 1.83 bits per heavy atom. The number of nitrogens with zero attached hydrogens (tertiary/aromatic N) is 2. The summed E-state index contributed by atoms with van der Waals surface area (Å²) < 4.78 is 0. The topological polar surface area (TPSA) is 63.5 Å². The van der Waals surface area contributed by atoms with Crippen molar-refractivity contribution in [2.45, 2.75) is 12.8 Å². The molecule has 1 fully saturated rings. The van der Waals surface area contributed by atoms with Crippen LogP contribution in [0.25, 0.3) is 0 Å². The van der Waals surface area contributed by atoms with Gasteiger partial charge in [0.25, 0.3) is 5.69 Å². The lowest BCUT2D eigenvalue weighted by atomic mass is 9.98. The molecule has 0 amide bonds. The molecule has 96 valence electrons. The third-order valence-electron chi connectivity index (χ3n) is 3.24. The minimum Gasteiger partial charge on any atom is -0.371 e. The van der Waals surface area contributed by atoms with Crippen molar-refractivity contribution in [2.75, 3.05) is 18.0 Å². The van der Waals surface area contributed by atoms with Gasteiger partial charge in [-0.2, -0.15) is 0 Å². The number of halogens is 1. The molecule has 0 saturated carbocycles. The molecule has 18 heavy (non-hydrogen) atoms. The maximum Gasteiger partial charge on any atom is 0.269 e. The van der Waals surface area contributed by atoms with E-state index >= 15 is 0 Å². The fourth-order valence-corrected chi connectivity index (χ4v) is 2.37. The Morgan fingerprint density at radius 3 is 2.28 bits per heavy atom. The number of carbonyl (C=O) groups is 1. The Hall–Kier alpha value is -1.62.